The van der Waals surface area contributed by atoms with Gasteiger partial charge in [0.25, 0.3) is 0 Å². The van der Waals surface area contributed by atoms with Crippen molar-refractivity contribution >= 4 is 12.0 Å². The third kappa shape index (κ3) is 2.70. The zero-order chi connectivity index (χ0) is 14.0. The normalized spacial score (nSPS) is 11.1. The Morgan fingerprint density at radius 1 is 1.32 bits per heavy atom. The minimum atomic E-state index is -1.01. The molecule has 98 valence electrons. The molecule has 0 aliphatic rings. The number of benzene rings is 1. The van der Waals surface area contributed by atoms with E-state index in [2.05, 4.69) is 5.10 Å². The van der Waals surface area contributed by atoms with Crippen LogP contribution in [0.5, 0.6) is 0 Å². The molecule has 0 aliphatic carbocycles. The maximum atomic E-state index is 12.9. The molecule has 5 heteroatoms. The first-order valence-corrected chi connectivity index (χ1v) is 5.72. The zero-order valence-corrected chi connectivity index (χ0v) is 10.6. The molecule has 0 aliphatic heterocycles. The zero-order valence-electron chi connectivity index (χ0n) is 10.6. The van der Waals surface area contributed by atoms with E-state index in [4.69, 9.17) is 5.11 Å². The molecule has 1 aromatic carbocycles. The summed E-state index contributed by atoms with van der Waals surface area (Å²) >= 11 is 0. The molecular weight excluding hydrogens is 247 g/mol. The molecule has 0 unspecified atom stereocenters. The van der Waals surface area contributed by atoms with E-state index < -0.39 is 5.97 Å². The van der Waals surface area contributed by atoms with Crippen molar-refractivity contribution < 1.29 is 14.3 Å². The molecule has 4 nitrogen and oxygen atoms in total. The van der Waals surface area contributed by atoms with E-state index in [1.165, 1.54) is 18.2 Å². The first kappa shape index (κ1) is 13.0. The molecule has 1 N–H and O–H groups in total. The molecule has 1 aromatic heterocycles. The van der Waals surface area contributed by atoms with Gasteiger partial charge in [0, 0.05) is 17.3 Å². The summed E-state index contributed by atoms with van der Waals surface area (Å²) in [4.78, 5) is 10.6. The highest BCUT2D eigenvalue weighted by Crippen LogP contribution is 2.19. The van der Waals surface area contributed by atoms with Crippen LogP contribution >= 0.6 is 0 Å². The van der Waals surface area contributed by atoms with E-state index >= 15 is 0 Å². The predicted molar refractivity (Wildman–Crippen MR) is 69.7 cm³/mol. The average Bonchev–Trinajstić information content (AvgIpc) is 2.63. The van der Waals surface area contributed by atoms with Gasteiger partial charge in [-0.25, -0.2) is 13.9 Å². The van der Waals surface area contributed by atoms with Crippen molar-refractivity contribution in [3.8, 4) is 5.69 Å². The van der Waals surface area contributed by atoms with Crippen LogP contribution in [0.2, 0.25) is 0 Å². The quantitative estimate of drug-likeness (QED) is 0.863. The highest BCUT2D eigenvalue weighted by Gasteiger charge is 2.10. The SMILES string of the molecule is Cc1nn(-c2ccc(F)cc2)c(C)c1C=CC(=O)O. The Hall–Kier alpha value is -2.43. The summed E-state index contributed by atoms with van der Waals surface area (Å²) in [5.74, 6) is -1.32. The third-order valence-electron chi connectivity index (χ3n) is 2.81. The molecule has 19 heavy (non-hydrogen) atoms. The number of carboxylic acids is 1. The Morgan fingerprint density at radius 2 is 1.95 bits per heavy atom. The van der Waals surface area contributed by atoms with Crippen molar-refractivity contribution in [2.75, 3.05) is 0 Å². The standard InChI is InChI=1S/C14H13FN2O2/c1-9-13(7-8-14(18)19)10(2)17(16-9)12-5-3-11(15)4-6-12/h3-8H,1-2H3,(H,18,19). The number of aryl methyl sites for hydroxylation is 1. The Morgan fingerprint density at radius 3 is 2.53 bits per heavy atom. The lowest BCUT2D eigenvalue weighted by atomic mass is 10.2. The lowest BCUT2D eigenvalue weighted by molar-refractivity contribution is -0.131. The van der Waals surface area contributed by atoms with Crippen molar-refractivity contribution in [3.63, 3.8) is 0 Å². The van der Waals surface area contributed by atoms with Crippen LogP contribution in [-0.4, -0.2) is 20.9 Å². The van der Waals surface area contributed by atoms with Gasteiger partial charge in [0.15, 0.2) is 0 Å². The summed E-state index contributed by atoms with van der Waals surface area (Å²) in [5, 5.41) is 13.0. The van der Waals surface area contributed by atoms with Crippen molar-refractivity contribution in [2.45, 2.75) is 13.8 Å². The number of nitrogens with zero attached hydrogens (tertiary/aromatic N) is 2. The number of hydrogen-bond acceptors (Lipinski definition) is 2. The average molecular weight is 260 g/mol. The predicted octanol–water partition coefficient (Wildman–Crippen LogP) is 2.73. The van der Waals surface area contributed by atoms with Crippen LogP contribution in [0.15, 0.2) is 30.3 Å². The Bertz CT molecular complexity index is 642. The number of rotatable bonds is 3. The molecule has 0 fully saturated rings. The number of hydrogen-bond donors (Lipinski definition) is 1. The minimum absolute atomic E-state index is 0.309. The van der Waals surface area contributed by atoms with Crippen LogP contribution in [0.3, 0.4) is 0 Å². The fourth-order valence-electron chi connectivity index (χ4n) is 1.88. The summed E-state index contributed by atoms with van der Waals surface area (Å²) < 4.78 is 14.6. The lowest BCUT2D eigenvalue weighted by Crippen LogP contribution is -1.99. The number of carbonyl (C=O) groups is 1. The Kier molecular flexibility index (Phi) is 3.46. The first-order chi connectivity index (χ1) is 8.99. The topological polar surface area (TPSA) is 55.1 Å². The van der Waals surface area contributed by atoms with Crippen LogP contribution < -0.4 is 0 Å². The van der Waals surface area contributed by atoms with E-state index in [0.717, 1.165) is 28.7 Å². The summed E-state index contributed by atoms with van der Waals surface area (Å²) in [6, 6.07) is 5.97. The van der Waals surface area contributed by atoms with Gasteiger partial charge in [-0.15, -0.1) is 0 Å². The molecular formula is C14H13FN2O2. The van der Waals surface area contributed by atoms with Gasteiger partial charge in [-0.2, -0.15) is 5.10 Å². The van der Waals surface area contributed by atoms with Crippen molar-refractivity contribution in [3.05, 3.63) is 53.1 Å². The van der Waals surface area contributed by atoms with E-state index in [1.807, 2.05) is 6.92 Å². The van der Waals surface area contributed by atoms with Crippen LogP contribution in [0.1, 0.15) is 17.0 Å². The molecule has 2 aromatic rings. The summed E-state index contributed by atoms with van der Waals surface area (Å²) in [6.45, 7) is 3.64. The smallest absolute Gasteiger partial charge is 0.328 e. The molecule has 0 saturated heterocycles. The Balaban J connectivity index is 2.46. The summed E-state index contributed by atoms with van der Waals surface area (Å²) in [6.07, 6.45) is 2.59. The minimum Gasteiger partial charge on any atom is -0.478 e. The van der Waals surface area contributed by atoms with Gasteiger partial charge in [0.05, 0.1) is 11.4 Å². The highest BCUT2D eigenvalue weighted by atomic mass is 19.1. The fourth-order valence-corrected chi connectivity index (χ4v) is 1.88. The van der Waals surface area contributed by atoms with Gasteiger partial charge in [-0.3, -0.25) is 0 Å². The molecule has 0 spiro atoms. The van der Waals surface area contributed by atoms with Gasteiger partial charge in [0.2, 0.25) is 0 Å². The second-order valence-electron chi connectivity index (χ2n) is 4.14. The third-order valence-corrected chi connectivity index (χ3v) is 2.81. The van der Waals surface area contributed by atoms with Crippen LogP contribution in [0, 0.1) is 19.7 Å². The Labute approximate surface area is 109 Å². The van der Waals surface area contributed by atoms with Gasteiger partial charge < -0.3 is 5.11 Å². The molecule has 0 atom stereocenters. The number of carboxylic acid groups (broad SMARTS) is 1. The fraction of sp³-hybridized carbons (Fsp3) is 0.143. The molecule has 2 rings (SSSR count). The van der Waals surface area contributed by atoms with Gasteiger partial charge in [0.1, 0.15) is 5.82 Å². The largest absolute Gasteiger partial charge is 0.478 e. The second-order valence-corrected chi connectivity index (χ2v) is 4.14. The molecule has 0 saturated carbocycles. The maximum Gasteiger partial charge on any atom is 0.328 e. The highest BCUT2D eigenvalue weighted by molar-refractivity contribution is 5.85. The van der Waals surface area contributed by atoms with Gasteiger partial charge in [-0.05, 0) is 44.2 Å². The van der Waals surface area contributed by atoms with E-state index in [1.54, 1.807) is 23.7 Å². The van der Waals surface area contributed by atoms with E-state index in [0.29, 0.717) is 0 Å². The van der Waals surface area contributed by atoms with Gasteiger partial charge >= 0.3 is 5.97 Å². The van der Waals surface area contributed by atoms with Crippen LogP contribution in [0.25, 0.3) is 11.8 Å². The molecule has 0 bridgehead atoms. The molecule has 0 radical (unpaired) electrons. The van der Waals surface area contributed by atoms with Crippen LogP contribution in [0.4, 0.5) is 4.39 Å². The monoisotopic (exact) mass is 260 g/mol. The van der Waals surface area contributed by atoms with E-state index in [-0.39, 0.29) is 5.82 Å². The first-order valence-electron chi connectivity index (χ1n) is 5.72. The van der Waals surface area contributed by atoms with Gasteiger partial charge in [-0.1, -0.05) is 0 Å². The second kappa shape index (κ2) is 5.06. The molecule has 1 heterocycles. The van der Waals surface area contributed by atoms with Crippen molar-refractivity contribution in [2.24, 2.45) is 0 Å². The van der Waals surface area contributed by atoms with Crippen molar-refractivity contribution in [1.82, 2.24) is 9.78 Å². The van der Waals surface area contributed by atoms with Crippen molar-refractivity contribution in [1.29, 1.82) is 0 Å². The lowest BCUT2D eigenvalue weighted by Gasteiger charge is -2.04. The van der Waals surface area contributed by atoms with Crippen LogP contribution in [-0.2, 0) is 4.79 Å². The van der Waals surface area contributed by atoms with E-state index in [9.17, 15) is 9.18 Å². The number of aromatic nitrogens is 2. The maximum absolute atomic E-state index is 12.9. The summed E-state index contributed by atoms with van der Waals surface area (Å²) in [7, 11) is 0. The summed E-state index contributed by atoms with van der Waals surface area (Å²) in [5.41, 5.74) is 3.02. The number of halogens is 1. The molecule has 0 amide bonds. The number of aliphatic carboxylic acids is 1.